The fraction of sp³-hybridized carbons (Fsp3) is 0.533. The van der Waals surface area contributed by atoms with Crippen molar-refractivity contribution < 1.29 is 4.79 Å². The monoisotopic (exact) mass is 316 g/mol. The Morgan fingerprint density at radius 3 is 2.40 bits per heavy atom. The Bertz CT molecular complexity index is 457. The van der Waals surface area contributed by atoms with E-state index in [9.17, 15) is 4.79 Å². The van der Waals surface area contributed by atoms with Crippen LogP contribution in [0.4, 0.5) is 5.69 Å². The Morgan fingerprint density at radius 1 is 1.25 bits per heavy atom. The summed E-state index contributed by atoms with van der Waals surface area (Å²) in [6.45, 7) is 0. The predicted molar refractivity (Wildman–Crippen MR) is 86.7 cm³/mol. The molecular formula is C15H22Cl2N2O. The zero-order valence-electron chi connectivity index (χ0n) is 11.8. The second kappa shape index (κ2) is 7.75. The molecule has 0 aromatic heterocycles. The van der Waals surface area contributed by atoms with Crippen molar-refractivity contribution in [1.29, 1.82) is 0 Å². The van der Waals surface area contributed by atoms with E-state index in [1.54, 1.807) is 18.2 Å². The molecule has 3 nitrogen and oxygen atoms in total. The molecule has 0 atom stereocenters. The van der Waals surface area contributed by atoms with Crippen LogP contribution in [0, 0.1) is 0 Å². The van der Waals surface area contributed by atoms with Crippen LogP contribution in [-0.2, 0) is 0 Å². The highest BCUT2D eigenvalue weighted by molar-refractivity contribution is 6.34. The summed E-state index contributed by atoms with van der Waals surface area (Å²) in [5, 5.41) is 0.436. The third-order valence-electron chi connectivity index (χ3n) is 3.92. The van der Waals surface area contributed by atoms with Gasteiger partial charge in [0.2, 0.25) is 0 Å². The van der Waals surface area contributed by atoms with E-state index >= 15 is 0 Å². The molecule has 1 aliphatic carbocycles. The average Bonchev–Trinajstić information content (AvgIpc) is 2.66. The first-order valence-corrected chi connectivity index (χ1v) is 7.29. The summed E-state index contributed by atoms with van der Waals surface area (Å²) >= 11 is 6.11. The molecular weight excluding hydrogens is 295 g/mol. The molecule has 2 rings (SSSR count). The van der Waals surface area contributed by atoms with Crippen LogP contribution < -0.4 is 5.73 Å². The Hall–Kier alpha value is -0.930. The molecule has 112 valence electrons. The number of carbonyl (C=O) groups is 1. The quantitative estimate of drug-likeness (QED) is 0.658. The predicted octanol–water partition coefficient (Wildman–Crippen LogP) is 4.14. The number of rotatable bonds is 2. The molecule has 1 aromatic carbocycles. The smallest absolute Gasteiger partial charge is 0.255 e. The van der Waals surface area contributed by atoms with Crippen molar-refractivity contribution in [2.24, 2.45) is 0 Å². The topological polar surface area (TPSA) is 46.3 Å². The molecule has 1 aromatic rings. The number of nitrogens with two attached hydrogens (primary N) is 1. The summed E-state index contributed by atoms with van der Waals surface area (Å²) in [5.41, 5.74) is 6.78. The Labute approximate surface area is 131 Å². The minimum atomic E-state index is -0.00287. The van der Waals surface area contributed by atoms with Crippen LogP contribution >= 0.6 is 24.0 Å². The molecule has 0 radical (unpaired) electrons. The van der Waals surface area contributed by atoms with Crippen molar-refractivity contribution in [3.8, 4) is 0 Å². The summed E-state index contributed by atoms with van der Waals surface area (Å²) in [6.07, 6.45) is 7.15. The lowest BCUT2D eigenvalue weighted by atomic mass is 10.1. The number of carbonyl (C=O) groups excluding carboxylic acids is 1. The number of halogens is 2. The molecule has 20 heavy (non-hydrogen) atoms. The fourth-order valence-electron chi connectivity index (χ4n) is 2.71. The van der Waals surface area contributed by atoms with Crippen LogP contribution in [0.25, 0.3) is 0 Å². The maximum atomic E-state index is 12.5. The van der Waals surface area contributed by atoms with E-state index < -0.39 is 0 Å². The van der Waals surface area contributed by atoms with Gasteiger partial charge in [-0.25, -0.2) is 0 Å². The van der Waals surface area contributed by atoms with Gasteiger partial charge in [-0.3, -0.25) is 4.79 Å². The maximum Gasteiger partial charge on any atom is 0.255 e. The van der Waals surface area contributed by atoms with Gasteiger partial charge in [0.25, 0.3) is 5.91 Å². The van der Waals surface area contributed by atoms with Crippen LogP contribution in [0.15, 0.2) is 18.2 Å². The third kappa shape index (κ3) is 4.03. The van der Waals surface area contributed by atoms with Gasteiger partial charge in [0.05, 0.1) is 10.6 Å². The summed E-state index contributed by atoms with van der Waals surface area (Å²) in [4.78, 5) is 14.3. The molecule has 0 spiro atoms. The minimum absolute atomic E-state index is 0. The van der Waals surface area contributed by atoms with Crippen LogP contribution in [0.5, 0.6) is 0 Å². The van der Waals surface area contributed by atoms with Gasteiger partial charge in [-0.05, 0) is 31.0 Å². The molecule has 0 saturated heterocycles. The van der Waals surface area contributed by atoms with Crippen molar-refractivity contribution in [2.75, 3.05) is 12.8 Å². The molecule has 2 N–H and O–H groups in total. The SMILES string of the molecule is CN(C(=O)c1ccc(N)cc1Cl)C1CCCCCC1.Cl. The molecule has 5 heteroatoms. The molecule has 1 amide bonds. The lowest BCUT2D eigenvalue weighted by molar-refractivity contribution is 0.0718. The maximum absolute atomic E-state index is 12.5. The van der Waals surface area contributed by atoms with Gasteiger partial charge in [-0.1, -0.05) is 37.3 Å². The molecule has 0 heterocycles. The highest BCUT2D eigenvalue weighted by Crippen LogP contribution is 2.25. The van der Waals surface area contributed by atoms with Crippen LogP contribution in [0.1, 0.15) is 48.9 Å². The van der Waals surface area contributed by atoms with Crippen molar-refractivity contribution in [1.82, 2.24) is 4.90 Å². The molecule has 1 aliphatic rings. The molecule has 1 saturated carbocycles. The second-order valence-corrected chi connectivity index (χ2v) is 5.71. The molecule has 0 bridgehead atoms. The van der Waals surface area contributed by atoms with Crippen LogP contribution in [0.3, 0.4) is 0 Å². The summed E-state index contributed by atoms with van der Waals surface area (Å²) in [7, 11) is 1.88. The first kappa shape index (κ1) is 17.1. The van der Waals surface area contributed by atoms with Gasteiger partial charge in [0.1, 0.15) is 0 Å². The number of nitrogens with zero attached hydrogens (tertiary/aromatic N) is 1. The van der Waals surface area contributed by atoms with E-state index in [4.69, 9.17) is 17.3 Å². The Kier molecular flexibility index (Phi) is 6.63. The number of hydrogen-bond donors (Lipinski definition) is 1. The third-order valence-corrected chi connectivity index (χ3v) is 4.23. The zero-order valence-corrected chi connectivity index (χ0v) is 13.3. The lowest BCUT2D eigenvalue weighted by Crippen LogP contribution is -2.36. The van der Waals surface area contributed by atoms with Crippen molar-refractivity contribution in [2.45, 2.75) is 44.6 Å². The van der Waals surface area contributed by atoms with Crippen LogP contribution in [-0.4, -0.2) is 23.9 Å². The summed E-state index contributed by atoms with van der Waals surface area (Å²) < 4.78 is 0. The number of amides is 1. The van der Waals surface area contributed by atoms with E-state index in [-0.39, 0.29) is 18.3 Å². The zero-order chi connectivity index (χ0) is 13.8. The largest absolute Gasteiger partial charge is 0.399 e. The molecule has 0 aliphatic heterocycles. The summed E-state index contributed by atoms with van der Waals surface area (Å²) in [6, 6.07) is 5.41. The van der Waals surface area contributed by atoms with E-state index in [0.29, 0.717) is 22.3 Å². The van der Waals surface area contributed by atoms with E-state index in [1.807, 2.05) is 11.9 Å². The highest BCUT2D eigenvalue weighted by atomic mass is 35.5. The first-order valence-electron chi connectivity index (χ1n) is 6.92. The van der Waals surface area contributed by atoms with Gasteiger partial charge < -0.3 is 10.6 Å². The first-order chi connectivity index (χ1) is 9.09. The van der Waals surface area contributed by atoms with Crippen molar-refractivity contribution >= 4 is 35.6 Å². The second-order valence-electron chi connectivity index (χ2n) is 5.30. The van der Waals surface area contributed by atoms with Crippen molar-refractivity contribution in [3.05, 3.63) is 28.8 Å². The fourth-order valence-corrected chi connectivity index (χ4v) is 2.98. The van der Waals surface area contributed by atoms with Gasteiger partial charge in [-0.15, -0.1) is 12.4 Å². The number of anilines is 1. The number of benzene rings is 1. The molecule has 1 fully saturated rings. The van der Waals surface area contributed by atoms with E-state index in [0.717, 1.165) is 12.8 Å². The van der Waals surface area contributed by atoms with E-state index in [2.05, 4.69) is 0 Å². The van der Waals surface area contributed by atoms with Crippen molar-refractivity contribution in [3.63, 3.8) is 0 Å². The number of nitrogen functional groups attached to an aromatic ring is 1. The lowest BCUT2D eigenvalue weighted by Gasteiger charge is -2.27. The number of hydrogen-bond acceptors (Lipinski definition) is 2. The highest BCUT2D eigenvalue weighted by Gasteiger charge is 2.23. The Balaban J connectivity index is 0.00000200. The summed E-state index contributed by atoms with van der Waals surface area (Å²) in [5.74, 6) is -0.00287. The molecule has 0 unspecified atom stereocenters. The standard InChI is InChI=1S/C15H21ClN2O.ClH/c1-18(12-6-4-2-3-5-7-12)15(19)13-9-8-11(17)10-14(13)16;/h8-10,12H,2-7,17H2,1H3;1H. The normalized spacial score (nSPS) is 16.1. The van der Waals surface area contributed by atoms with Gasteiger partial charge in [0, 0.05) is 18.8 Å². The average molecular weight is 317 g/mol. The van der Waals surface area contributed by atoms with E-state index in [1.165, 1.54) is 25.7 Å². The van der Waals surface area contributed by atoms with Gasteiger partial charge in [-0.2, -0.15) is 0 Å². The Morgan fingerprint density at radius 2 is 1.85 bits per heavy atom. The van der Waals surface area contributed by atoms with Gasteiger partial charge in [0.15, 0.2) is 0 Å². The van der Waals surface area contributed by atoms with Gasteiger partial charge >= 0.3 is 0 Å². The van der Waals surface area contributed by atoms with Crippen LogP contribution in [0.2, 0.25) is 5.02 Å². The minimum Gasteiger partial charge on any atom is -0.399 e.